The van der Waals surface area contributed by atoms with Gasteiger partial charge in [0.1, 0.15) is 18.2 Å². The molecule has 2 aromatic carbocycles. The van der Waals surface area contributed by atoms with E-state index < -0.39 is 34.4 Å². The topological polar surface area (TPSA) is 135 Å². The van der Waals surface area contributed by atoms with Gasteiger partial charge in [-0.1, -0.05) is 42.5 Å². The minimum atomic E-state index is -1.18. The lowest BCUT2D eigenvalue weighted by molar-refractivity contribution is 0.0940. The summed E-state index contributed by atoms with van der Waals surface area (Å²) in [6.07, 6.45) is 0.282. The fraction of sp³-hybridized carbons (Fsp3) is 0.0800. The van der Waals surface area contributed by atoms with Gasteiger partial charge in [-0.25, -0.2) is 4.39 Å². The Labute approximate surface area is 197 Å². The van der Waals surface area contributed by atoms with E-state index in [1.54, 1.807) is 42.5 Å². The standard InChI is InChI=1S/C25H16FN3O6/c26-17-8-6-15(7-9-17)12-18-10-11-20(34-18)22(31)24-23(33-14-16-4-2-1-3-5-16)19(30)13-21(35-24)25(32)28-29-27/h1-11,13H,12,14H2. The molecule has 0 fully saturated rings. The Kier molecular flexibility index (Phi) is 6.85. The summed E-state index contributed by atoms with van der Waals surface area (Å²) in [5, 5.41) is 2.90. The SMILES string of the molecule is [N-]=[N+]=NC(=O)c1cc(=O)c(OCc2ccccc2)c(C(=O)c2ccc(Cc3ccc(F)cc3)o2)o1. The van der Waals surface area contributed by atoms with Crippen LogP contribution in [0.15, 0.2) is 91.5 Å². The van der Waals surface area contributed by atoms with Crippen LogP contribution in [0.5, 0.6) is 5.75 Å². The van der Waals surface area contributed by atoms with Crippen molar-refractivity contribution in [2.75, 3.05) is 0 Å². The number of hydrogen-bond acceptors (Lipinski definition) is 6. The average molecular weight is 473 g/mol. The fourth-order valence-corrected chi connectivity index (χ4v) is 3.20. The maximum absolute atomic E-state index is 13.2. The van der Waals surface area contributed by atoms with E-state index in [-0.39, 0.29) is 24.6 Å². The molecule has 2 heterocycles. The predicted molar refractivity (Wildman–Crippen MR) is 121 cm³/mol. The first-order chi connectivity index (χ1) is 16.9. The molecule has 0 saturated heterocycles. The predicted octanol–water partition coefficient (Wildman–Crippen LogP) is 5.22. The summed E-state index contributed by atoms with van der Waals surface area (Å²) in [5.41, 5.74) is 9.17. The summed E-state index contributed by atoms with van der Waals surface area (Å²) < 4.78 is 29.7. The normalized spacial score (nSPS) is 10.4. The molecular weight excluding hydrogens is 457 g/mol. The maximum atomic E-state index is 13.2. The number of rotatable bonds is 8. The molecule has 0 bridgehead atoms. The van der Waals surface area contributed by atoms with Crippen molar-refractivity contribution in [2.24, 2.45) is 5.11 Å². The highest BCUT2D eigenvalue weighted by Crippen LogP contribution is 2.23. The zero-order chi connectivity index (χ0) is 24.8. The van der Waals surface area contributed by atoms with Gasteiger partial charge in [0.2, 0.25) is 16.9 Å². The molecule has 0 saturated carbocycles. The summed E-state index contributed by atoms with van der Waals surface area (Å²) in [4.78, 5) is 40.3. The zero-order valence-electron chi connectivity index (χ0n) is 18.0. The lowest BCUT2D eigenvalue weighted by Gasteiger charge is -2.09. The summed E-state index contributed by atoms with van der Waals surface area (Å²) in [5.74, 6) is -3.81. The number of azide groups is 1. The Bertz CT molecular complexity index is 1490. The van der Waals surface area contributed by atoms with Crippen molar-refractivity contribution in [1.82, 2.24) is 0 Å². The van der Waals surface area contributed by atoms with Crippen LogP contribution in [0.1, 0.15) is 43.8 Å². The van der Waals surface area contributed by atoms with E-state index in [0.717, 1.165) is 17.2 Å². The number of carbonyl (C=O) groups excluding carboxylic acids is 2. The van der Waals surface area contributed by atoms with Gasteiger partial charge in [-0.3, -0.25) is 14.4 Å². The van der Waals surface area contributed by atoms with Crippen molar-refractivity contribution in [3.63, 3.8) is 0 Å². The van der Waals surface area contributed by atoms with Gasteiger partial charge < -0.3 is 13.6 Å². The Morgan fingerprint density at radius 1 is 0.943 bits per heavy atom. The molecule has 0 atom stereocenters. The summed E-state index contributed by atoms with van der Waals surface area (Å²) >= 11 is 0. The number of furan rings is 1. The molecule has 9 nitrogen and oxygen atoms in total. The summed E-state index contributed by atoms with van der Waals surface area (Å²) in [7, 11) is 0. The van der Waals surface area contributed by atoms with Crippen molar-refractivity contribution in [3.8, 4) is 5.75 Å². The van der Waals surface area contributed by atoms with Gasteiger partial charge >= 0.3 is 0 Å². The molecule has 0 spiro atoms. The first kappa shape index (κ1) is 23.2. The number of carbonyl (C=O) groups is 2. The molecular formula is C25H16FN3O6. The van der Waals surface area contributed by atoms with Gasteiger partial charge in [0, 0.05) is 17.4 Å². The van der Waals surface area contributed by atoms with Gasteiger partial charge in [0.05, 0.1) is 0 Å². The van der Waals surface area contributed by atoms with Crippen molar-refractivity contribution < 1.29 is 27.6 Å². The van der Waals surface area contributed by atoms with Crippen LogP contribution in [0, 0.1) is 5.82 Å². The quantitative estimate of drug-likeness (QED) is 0.149. The molecule has 10 heteroatoms. The van der Waals surface area contributed by atoms with Gasteiger partial charge in [0.15, 0.2) is 11.5 Å². The minimum Gasteiger partial charge on any atom is -0.481 e. The number of nitrogens with zero attached hydrogens (tertiary/aromatic N) is 3. The zero-order valence-corrected chi connectivity index (χ0v) is 18.0. The molecule has 0 radical (unpaired) electrons. The van der Waals surface area contributed by atoms with Gasteiger partial charge in [-0.2, -0.15) is 0 Å². The van der Waals surface area contributed by atoms with E-state index in [0.29, 0.717) is 5.76 Å². The highest BCUT2D eigenvalue weighted by molar-refractivity contribution is 6.07. The molecule has 0 aliphatic heterocycles. The molecule has 1 amide bonds. The molecule has 4 rings (SSSR count). The second-order valence-corrected chi connectivity index (χ2v) is 7.30. The van der Waals surface area contributed by atoms with E-state index in [1.165, 1.54) is 18.2 Å². The Morgan fingerprint density at radius 2 is 1.69 bits per heavy atom. The highest BCUT2D eigenvalue weighted by atomic mass is 19.1. The molecule has 0 unspecified atom stereocenters. The van der Waals surface area contributed by atoms with Crippen molar-refractivity contribution in [1.29, 1.82) is 0 Å². The van der Waals surface area contributed by atoms with E-state index >= 15 is 0 Å². The maximum Gasteiger partial charge on any atom is 0.284 e. The van der Waals surface area contributed by atoms with Crippen LogP contribution in [-0.4, -0.2) is 11.7 Å². The minimum absolute atomic E-state index is 0.0521. The van der Waals surface area contributed by atoms with E-state index in [4.69, 9.17) is 19.1 Å². The number of ether oxygens (including phenoxy) is 1. The lowest BCUT2D eigenvalue weighted by atomic mass is 10.1. The molecule has 0 N–H and O–H groups in total. The molecule has 4 aromatic rings. The molecule has 0 aliphatic rings. The number of benzene rings is 2. The second kappa shape index (κ2) is 10.3. The number of hydrogen-bond donors (Lipinski definition) is 0. The number of halogens is 1. The third-order valence-electron chi connectivity index (χ3n) is 4.86. The first-order valence-electron chi connectivity index (χ1n) is 10.3. The van der Waals surface area contributed by atoms with Crippen LogP contribution in [0.2, 0.25) is 0 Å². The fourth-order valence-electron chi connectivity index (χ4n) is 3.20. The molecule has 35 heavy (non-hydrogen) atoms. The smallest absolute Gasteiger partial charge is 0.284 e. The molecule has 2 aromatic heterocycles. The highest BCUT2D eigenvalue weighted by Gasteiger charge is 2.26. The lowest BCUT2D eigenvalue weighted by Crippen LogP contribution is -2.16. The number of amides is 1. The van der Waals surface area contributed by atoms with Crippen LogP contribution >= 0.6 is 0 Å². The summed E-state index contributed by atoms with van der Waals surface area (Å²) in [6, 6.07) is 18.4. The third kappa shape index (κ3) is 5.52. The third-order valence-corrected chi connectivity index (χ3v) is 4.86. The van der Waals surface area contributed by atoms with Crippen LogP contribution < -0.4 is 10.2 Å². The first-order valence-corrected chi connectivity index (χ1v) is 10.3. The Hall–Kier alpha value is -4.95. The van der Waals surface area contributed by atoms with Gasteiger partial charge in [-0.15, -0.1) is 0 Å². The molecule has 0 aliphatic carbocycles. The van der Waals surface area contributed by atoms with Gasteiger partial charge in [0.25, 0.3) is 11.7 Å². The van der Waals surface area contributed by atoms with Crippen LogP contribution in [0.25, 0.3) is 10.4 Å². The second-order valence-electron chi connectivity index (χ2n) is 7.30. The van der Waals surface area contributed by atoms with Gasteiger partial charge in [-0.05, 0) is 46.0 Å². The largest absolute Gasteiger partial charge is 0.481 e. The molecule has 174 valence electrons. The average Bonchev–Trinajstić information content (AvgIpc) is 3.33. The monoisotopic (exact) mass is 473 g/mol. The Balaban J connectivity index is 1.67. The van der Waals surface area contributed by atoms with Crippen molar-refractivity contribution in [2.45, 2.75) is 13.0 Å². The number of ketones is 1. The van der Waals surface area contributed by atoms with Crippen molar-refractivity contribution >= 4 is 11.7 Å². The van der Waals surface area contributed by atoms with Crippen molar-refractivity contribution in [3.05, 3.63) is 133 Å². The van der Waals surface area contributed by atoms with E-state index in [2.05, 4.69) is 10.0 Å². The van der Waals surface area contributed by atoms with Crippen LogP contribution in [0.3, 0.4) is 0 Å². The van der Waals surface area contributed by atoms with Crippen LogP contribution in [0.4, 0.5) is 4.39 Å². The Morgan fingerprint density at radius 3 is 2.40 bits per heavy atom. The van der Waals surface area contributed by atoms with E-state index in [1.807, 2.05) is 6.07 Å². The van der Waals surface area contributed by atoms with Crippen LogP contribution in [-0.2, 0) is 13.0 Å². The summed E-state index contributed by atoms with van der Waals surface area (Å²) in [6.45, 7) is -0.0521. The van der Waals surface area contributed by atoms with E-state index in [9.17, 15) is 18.8 Å².